The molecular formula is C12H16N2O4. The SMILES string of the molecule is Cc1nc(=O)n(C2CCOC2)c(C)c1CC(=O)O. The molecule has 0 bridgehead atoms. The topological polar surface area (TPSA) is 81.4 Å². The Labute approximate surface area is 104 Å². The minimum absolute atomic E-state index is 0.0295. The lowest BCUT2D eigenvalue weighted by molar-refractivity contribution is -0.136. The van der Waals surface area contributed by atoms with Crippen molar-refractivity contribution in [2.75, 3.05) is 13.2 Å². The summed E-state index contributed by atoms with van der Waals surface area (Å²) in [4.78, 5) is 26.7. The van der Waals surface area contributed by atoms with Crippen LogP contribution in [0.3, 0.4) is 0 Å². The number of hydrogen-bond donors (Lipinski definition) is 1. The quantitative estimate of drug-likeness (QED) is 0.844. The fraction of sp³-hybridized carbons (Fsp3) is 0.583. The van der Waals surface area contributed by atoms with Gasteiger partial charge in [-0.05, 0) is 20.3 Å². The number of rotatable bonds is 3. The van der Waals surface area contributed by atoms with Gasteiger partial charge in [0.15, 0.2) is 0 Å². The van der Waals surface area contributed by atoms with Crippen molar-refractivity contribution in [1.29, 1.82) is 0 Å². The van der Waals surface area contributed by atoms with Gasteiger partial charge in [-0.15, -0.1) is 0 Å². The zero-order valence-corrected chi connectivity index (χ0v) is 10.5. The Bertz CT molecular complexity index is 530. The van der Waals surface area contributed by atoms with Crippen LogP contribution in [0, 0.1) is 13.8 Å². The number of aromatic nitrogens is 2. The van der Waals surface area contributed by atoms with Crippen molar-refractivity contribution in [3.8, 4) is 0 Å². The number of carbonyl (C=O) groups is 1. The summed E-state index contributed by atoms with van der Waals surface area (Å²) in [6.45, 7) is 4.55. The number of carboxylic acid groups (broad SMARTS) is 1. The first-order valence-electron chi connectivity index (χ1n) is 5.89. The van der Waals surface area contributed by atoms with Crippen LogP contribution in [0.2, 0.25) is 0 Å². The van der Waals surface area contributed by atoms with E-state index in [0.717, 1.165) is 6.42 Å². The van der Waals surface area contributed by atoms with Gasteiger partial charge in [0.1, 0.15) is 0 Å². The van der Waals surface area contributed by atoms with Crippen LogP contribution < -0.4 is 5.69 Å². The van der Waals surface area contributed by atoms with Crippen molar-refractivity contribution in [3.63, 3.8) is 0 Å². The molecule has 6 heteroatoms. The number of carboxylic acids is 1. The molecule has 0 amide bonds. The van der Waals surface area contributed by atoms with E-state index in [0.29, 0.717) is 30.2 Å². The fourth-order valence-corrected chi connectivity index (χ4v) is 2.38. The molecule has 0 radical (unpaired) electrons. The van der Waals surface area contributed by atoms with Gasteiger partial charge in [0.2, 0.25) is 0 Å². The third-order valence-corrected chi connectivity index (χ3v) is 3.30. The van der Waals surface area contributed by atoms with Crippen LogP contribution in [0.1, 0.15) is 29.4 Å². The van der Waals surface area contributed by atoms with Crippen molar-refractivity contribution < 1.29 is 14.6 Å². The molecule has 98 valence electrons. The summed E-state index contributed by atoms with van der Waals surface area (Å²) in [5.74, 6) is -0.920. The number of ether oxygens (including phenoxy) is 1. The van der Waals surface area contributed by atoms with Crippen molar-refractivity contribution in [1.82, 2.24) is 9.55 Å². The highest BCUT2D eigenvalue weighted by Gasteiger charge is 2.23. The molecule has 2 rings (SSSR count). The molecule has 0 aliphatic carbocycles. The van der Waals surface area contributed by atoms with E-state index in [4.69, 9.17) is 9.84 Å². The summed E-state index contributed by atoms with van der Waals surface area (Å²) in [5.41, 5.74) is 1.48. The van der Waals surface area contributed by atoms with Gasteiger partial charge in [-0.3, -0.25) is 9.36 Å². The van der Waals surface area contributed by atoms with Crippen molar-refractivity contribution in [2.45, 2.75) is 32.7 Å². The molecule has 1 unspecified atom stereocenters. The molecule has 1 aromatic heterocycles. The molecule has 6 nitrogen and oxygen atoms in total. The molecule has 1 saturated heterocycles. The Hall–Kier alpha value is -1.69. The van der Waals surface area contributed by atoms with Crippen LogP contribution in [0.25, 0.3) is 0 Å². The van der Waals surface area contributed by atoms with Crippen molar-refractivity contribution >= 4 is 5.97 Å². The minimum atomic E-state index is -0.920. The van der Waals surface area contributed by atoms with Crippen LogP contribution in [0.5, 0.6) is 0 Å². The average molecular weight is 252 g/mol. The highest BCUT2D eigenvalue weighted by molar-refractivity contribution is 5.70. The van der Waals surface area contributed by atoms with E-state index in [2.05, 4.69) is 4.98 Å². The second-order valence-electron chi connectivity index (χ2n) is 4.50. The first-order valence-corrected chi connectivity index (χ1v) is 5.89. The lowest BCUT2D eigenvalue weighted by Gasteiger charge is -2.18. The molecule has 0 spiro atoms. The molecule has 1 aromatic rings. The summed E-state index contributed by atoms with van der Waals surface area (Å²) in [6, 6.07) is -0.0295. The lowest BCUT2D eigenvalue weighted by Crippen LogP contribution is -2.32. The van der Waals surface area contributed by atoms with Crippen LogP contribution in [-0.4, -0.2) is 33.8 Å². The number of nitrogens with zero attached hydrogens (tertiary/aromatic N) is 2. The summed E-state index contributed by atoms with van der Waals surface area (Å²) in [7, 11) is 0. The molecular weight excluding hydrogens is 236 g/mol. The fourth-order valence-electron chi connectivity index (χ4n) is 2.38. The maximum absolute atomic E-state index is 11.9. The third-order valence-electron chi connectivity index (χ3n) is 3.30. The van der Waals surface area contributed by atoms with E-state index < -0.39 is 5.97 Å². The predicted octanol–water partition coefficient (Wildman–Crippen LogP) is 0.449. The van der Waals surface area contributed by atoms with E-state index in [1.165, 1.54) is 0 Å². The molecule has 18 heavy (non-hydrogen) atoms. The van der Waals surface area contributed by atoms with E-state index in [1.54, 1.807) is 18.4 Å². The molecule has 1 aliphatic heterocycles. The maximum atomic E-state index is 11.9. The van der Waals surface area contributed by atoms with Crippen LogP contribution in [0.4, 0.5) is 0 Å². The van der Waals surface area contributed by atoms with Crippen molar-refractivity contribution in [3.05, 3.63) is 27.4 Å². The second kappa shape index (κ2) is 4.89. The second-order valence-corrected chi connectivity index (χ2v) is 4.50. The van der Waals surface area contributed by atoms with E-state index in [1.807, 2.05) is 0 Å². The standard InChI is InChI=1S/C12H16N2O4/c1-7-10(5-11(15)16)8(2)14(12(17)13-7)9-3-4-18-6-9/h9H,3-6H2,1-2H3,(H,15,16). The number of aliphatic carboxylic acids is 1. The Balaban J connectivity index is 2.52. The van der Waals surface area contributed by atoms with Gasteiger partial charge in [0, 0.05) is 23.6 Å². The lowest BCUT2D eigenvalue weighted by atomic mass is 10.1. The average Bonchev–Trinajstić information content (AvgIpc) is 2.77. The Morgan fingerprint density at radius 3 is 2.83 bits per heavy atom. The van der Waals surface area contributed by atoms with E-state index in [9.17, 15) is 9.59 Å². The van der Waals surface area contributed by atoms with Gasteiger partial charge in [-0.2, -0.15) is 4.98 Å². The Morgan fingerprint density at radius 2 is 2.28 bits per heavy atom. The molecule has 1 atom stereocenters. The molecule has 0 aromatic carbocycles. The van der Waals surface area contributed by atoms with Gasteiger partial charge in [0.05, 0.1) is 19.1 Å². The predicted molar refractivity (Wildman–Crippen MR) is 63.8 cm³/mol. The zero-order valence-electron chi connectivity index (χ0n) is 10.5. The van der Waals surface area contributed by atoms with Crippen LogP contribution >= 0.6 is 0 Å². The number of hydrogen-bond acceptors (Lipinski definition) is 4. The monoisotopic (exact) mass is 252 g/mol. The smallest absolute Gasteiger partial charge is 0.348 e. The summed E-state index contributed by atoms with van der Waals surface area (Å²) in [5, 5.41) is 8.90. The van der Waals surface area contributed by atoms with Gasteiger partial charge < -0.3 is 9.84 Å². The maximum Gasteiger partial charge on any atom is 0.348 e. The normalized spacial score (nSPS) is 19.1. The molecule has 0 saturated carbocycles. The van der Waals surface area contributed by atoms with Gasteiger partial charge in [-0.1, -0.05) is 0 Å². The van der Waals surface area contributed by atoms with Gasteiger partial charge in [0.25, 0.3) is 0 Å². The first kappa shape index (κ1) is 12.8. The Morgan fingerprint density at radius 1 is 1.56 bits per heavy atom. The highest BCUT2D eigenvalue weighted by Crippen LogP contribution is 2.21. The Kier molecular flexibility index (Phi) is 3.47. The van der Waals surface area contributed by atoms with E-state index in [-0.39, 0.29) is 18.2 Å². The van der Waals surface area contributed by atoms with E-state index >= 15 is 0 Å². The molecule has 1 N–H and O–H groups in total. The summed E-state index contributed by atoms with van der Waals surface area (Å²) < 4.78 is 6.84. The molecule has 2 heterocycles. The van der Waals surface area contributed by atoms with Gasteiger partial charge in [-0.25, -0.2) is 4.79 Å². The van der Waals surface area contributed by atoms with Crippen LogP contribution in [-0.2, 0) is 16.0 Å². The first-order chi connectivity index (χ1) is 8.50. The third kappa shape index (κ3) is 2.28. The summed E-state index contributed by atoms with van der Waals surface area (Å²) >= 11 is 0. The highest BCUT2D eigenvalue weighted by atomic mass is 16.5. The zero-order chi connectivity index (χ0) is 13.3. The van der Waals surface area contributed by atoms with Crippen molar-refractivity contribution in [2.24, 2.45) is 0 Å². The molecule has 1 aliphatic rings. The number of aryl methyl sites for hydroxylation is 1. The minimum Gasteiger partial charge on any atom is -0.481 e. The summed E-state index contributed by atoms with van der Waals surface area (Å²) in [6.07, 6.45) is 0.649. The van der Waals surface area contributed by atoms with Gasteiger partial charge >= 0.3 is 11.7 Å². The largest absolute Gasteiger partial charge is 0.481 e. The van der Waals surface area contributed by atoms with Crippen LogP contribution in [0.15, 0.2) is 4.79 Å². The molecule has 1 fully saturated rings.